The molecule has 0 bridgehead atoms. The minimum Gasteiger partial charge on any atom is -0.492 e. The number of hydrogen-bond donors (Lipinski definition) is 1. The van der Waals surface area contributed by atoms with Gasteiger partial charge in [-0.05, 0) is 36.9 Å². The quantitative estimate of drug-likeness (QED) is 0.775. The maximum Gasteiger partial charge on any atom is 0.137 e. The summed E-state index contributed by atoms with van der Waals surface area (Å²) in [6.07, 6.45) is 10.2. The Labute approximate surface area is 116 Å². The Hall–Kier alpha value is -1.09. The predicted octanol–water partition coefficient (Wildman–Crippen LogP) is 3.71. The molecule has 0 radical (unpaired) electrons. The second-order valence-electron chi connectivity index (χ2n) is 5.45. The number of aromatic nitrogens is 1. The molecule has 19 heavy (non-hydrogen) atoms. The smallest absolute Gasteiger partial charge is 0.137 e. The Morgan fingerprint density at radius 3 is 2.84 bits per heavy atom. The van der Waals surface area contributed by atoms with Crippen LogP contribution in [0.2, 0.25) is 0 Å². The van der Waals surface area contributed by atoms with E-state index in [4.69, 9.17) is 4.74 Å². The Morgan fingerprint density at radius 2 is 2.21 bits per heavy atom. The van der Waals surface area contributed by atoms with E-state index in [9.17, 15) is 0 Å². The molecule has 1 aromatic heterocycles. The molecule has 2 rings (SSSR count). The van der Waals surface area contributed by atoms with Crippen LogP contribution in [0.3, 0.4) is 0 Å². The lowest BCUT2D eigenvalue weighted by atomic mass is 9.80. The van der Waals surface area contributed by atoms with Gasteiger partial charge in [-0.25, -0.2) is 0 Å². The van der Waals surface area contributed by atoms with E-state index >= 15 is 0 Å². The van der Waals surface area contributed by atoms with E-state index in [1.807, 2.05) is 12.4 Å². The lowest BCUT2D eigenvalue weighted by Gasteiger charge is -2.30. The van der Waals surface area contributed by atoms with Gasteiger partial charge in [0.25, 0.3) is 0 Å². The maximum absolute atomic E-state index is 5.68. The molecule has 1 saturated carbocycles. The molecule has 1 fully saturated rings. The van der Waals surface area contributed by atoms with E-state index in [-0.39, 0.29) is 0 Å². The molecular formula is C16H26N2O. The number of rotatable bonds is 8. The van der Waals surface area contributed by atoms with Gasteiger partial charge >= 0.3 is 0 Å². The average molecular weight is 262 g/mol. The second kappa shape index (κ2) is 7.49. The van der Waals surface area contributed by atoms with Crippen LogP contribution in [0.1, 0.15) is 57.6 Å². The fourth-order valence-corrected chi connectivity index (χ4v) is 2.57. The number of nitrogens with zero attached hydrogens (tertiary/aromatic N) is 1. The number of nitrogens with one attached hydrogen (secondary N) is 1. The molecule has 0 aromatic carbocycles. The van der Waals surface area contributed by atoms with Crippen molar-refractivity contribution in [1.82, 2.24) is 10.3 Å². The fourth-order valence-electron chi connectivity index (χ4n) is 2.57. The van der Waals surface area contributed by atoms with Crippen molar-refractivity contribution in [2.45, 2.75) is 52.0 Å². The predicted molar refractivity (Wildman–Crippen MR) is 78.4 cm³/mol. The molecular weight excluding hydrogens is 236 g/mol. The summed E-state index contributed by atoms with van der Waals surface area (Å²) >= 11 is 0. The van der Waals surface area contributed by atoms with Crippen molar-refractivity contribution in [1.29, 1.82) is 0 Å². The second-order valence-corrected chi connectivity index (χ2v) is 5.45. The summed E-state index contributed by atoms with van der Waals surface area (Å²) in [6.45, 7) is 6.05. The van der Waals surface area contributed by atoms with Crippen LogP contribution in [-0.2, 0) is 0 Å². The van der Waals surface area contributed by atoms with E-state index in [1.54, 1.807) is 0 Å². The normalized spacial score (nSPS) is 16.9. The van der Waals surface area contributed by atoms with Crippen molar-refractivity contribution < 1.29 is 4.74 Å². The molecule has 1 aliphatic carbocycles. The van der Waals surface area contributed by atoms with E-state index in [0.717, 1.165) is 31.2 Å². The Balaban J connectivity index is 2.01. The molecule has 1 unspecified atom stereocenters. The Kier molecular flexibility index (Phi) is 5.64. The lowest BCUT2D eigenvalue weighted by Crippen LogP contribution is -2.26. The van der Waals surface area contributed by atoms with Gasteiger partial charge in [-0.3, -0.25) is 4.98 Å². The van der Waals surface area contributed by atoms with Gasteiger partial charge in [-0.15, -0.1) is 0 Å². The van der Waals surface area contributed by atoms with Crippen LogP contribution in [0.4, 0.5) is 0 Å². The highest BCUT2D eigenvalue weighted by molar-refractivity contribution is 5.26. The SMILES string of the molecule is CCCOc1cncc(C(CC2CCC2)NCC)c1. The maximum atomic E-state index is 5.68. The van der Waals surface area contributed by atoms with Gasteiger partial charge < -0.3 is 10.1 Å². The molecule has 0 spiro atoms. The minimum absolute atomic E-state index is 0.424. The van der Waals surface area contributed by atoms with E-state index < -0.39 is 0 Å². The Bertz CT molecular complexity index is 377. The third-order valence-corrected chi connectivity index (χ3v) is 3.85. The van der Waals surface area contributed by atoms with Gasteiger partial charge in [0.15, 0.2) is 0 Å². The minimum atomic E-state index is 0.424. The van der Waals surface area contributed by atoms with E-state index in [0.29, 0.717) is 6.04 Å². The average Bonchev–Trinajstić information content (AvgIpc) is 2.39. The van der Waals surface area contributed by atoms with Crippen molar-refractivity contribution in [3.05, 3.63) is 24.0 Å². The number of pyridine rings is 1. The summed E-state index contributed by atoms with van der Waals surface area (Å²) in [5.41, 5.74) is 1.27. The molecule has 1 heterocycles. The van der Waals surface area contributed by atoms with Gasteiger partial charge in [0.2, 0.25) is 0 Å². The van der Waals surface area contributed by atoms with Crippen molar-refractivity contribution in [2.24, 2.45) is 5.92 Å². The van der Waals surface area contributed by atoms with Gasteiger partial charge in [0.05, 0.1) is 12.8 Å². The van der Waals surface area contributed by atoms with Crippen LogP contribution >= 0.6 is 0 Å². The van der Waals surface area contributed by atoms with Crippen molar-refractivity contribution in [2.75, 3.05) is 13.2 Å². The highest BCUT2D eigenvalue weighted by atomic mass is 16.5. The van der Waals surface area contributed by atoms with Gasteiger partial charge in [0, 0.05) is 12.2 Å². The first-order valence-electron chi connectivity index (χ1n) is 7.64. The molecule has 3 nitrogen and oxygen atoms in total. The zero-order valence-electron chi connectivity index (χ0n) is 12.2. The first kappa shape index (κ1) is 14.3. The van der Waals surface area contributed by atoms with Gasteiger partial charge in [-0.2, -0.15) is 0 Å². The molecule has 0 amide bonds. The molecule has 0 saturated heterocycles. The van der Waals surface area contributed by atoms with E-state index in [2.05, 4.69) is 30.2 Å². The van der Waals surface area contributed by atoms with Crippen molar-refractivity contribution >= 4 is 0 Å². The summed E-state index contributed by atoms with van der Waals surface area (Å²) in [4.78, 5) is 4.33. The van der Waals surface area contributed by atoms with Gasteiger partial charge in [-0.1, -0.05) is 33.1 Å². The zero-order chi connectivity index (χ0) is 13.5. The first-order valence-corrected chi connectivity index (χ1v) is 7.64. The molecule has 1 aliphatic rings. The zero-order valence-corrected chi connectivity index (χ0v) is 12.2. The summed E-state index contributed by atoms with van der Waals surface area (Å²) in [6, 6.07) is 2.57. The Morgan fingerprint density at radius 1 is 1.37 bits per heavy atom. The summed E-state index contributed by atoms with van der Waals surface area (Å²) < 4.78 is 5.68. The van der Waals surface area contributed by atoms with Crippen LogP contribution < -0.4 is 10.1 Å². The third kappa shape index (κ3) is 4.20. The molecule has 1 N–H and O–H groups in total. The van der Waals surface area contributed by atoms with Crippen molar-refractivity contribution in [3.63, 3.8) is 0 Å². The number of hydrogen-bond acceptors (Lipinski definition) is 3. The molecule has 1 aromatic rings. The monoisotopic (exact) mass is 262 g/mol. The van der Waals surface area contributed by atoms with Crippen LogP contribution in [0.5, 0.6) is 5.75 Å². The van der Waals surface area contributed by atoms with E-state index in [1.165, 1.54) is 31.2 Å². The molecule has 0 aliphatic heterocycles. The van der Waals surface area contributed by atoms with Gasteiger partial charge in [0.1, 0.15) is 5.75 Å². The largest absolute Gasteiger partial charge is 0.492 e. The first-order chi connectivity index (χ1) is 9.33. The lowest BCUT2D eigenvalue weighted by molar-refractivity contribution is 0.261. The third-order valence-electron chi connectivity index (χ3n) is 3.85. The summed E-state index contributed by atoms with van der Waals surface area (Å²) in [5.74, 6) is 1.79. The fraction of sp³-hybridized carbons (Fsp3) is 0.688. The highest BCUT2D eigenvalue weighted by Crippen LogP contribution is 2.35. The standard InChI is InChI=1S/C16H26N2O/c1-3-8-19-15-10-14(11-17-12-15)16(18-4-2)9-13-6-5-7-13/h10-13,16,18H,3-9H2,1-2H3. The van der Waals surface area contributed by atoms with Crippen LogP contribution in [0.25, 0.3) is 0 Å². The summed E-state index contributed by atoms with van der Waals surface area (Å²) in [5, 5.41) is 3.59. The van der Waals surface area contributed by atoms with Crippen LogP contribution in [0, 0.1) is 5.92 Å². The highest BCUT2D eigenvalue weighted by Gasteiger charge is 2.23. The molecule has 1 atom stereocenters. The number of ether oxygens (including phenoxy) is 1. The molecule has 106 valence electrons. The van der Waals surface area contributed by atoms with Crippen LogP contribution in [-0.4, -0.2) is 18.1 Å². The van der Waals surface area contributed by atoms with Crippen molar-refractivity contribution in [3.8, 4) is 5.75 Å². The molecule has 3 heteroatoms. The topological polar surface area (TPSA) is 34.1 Å². The van der Waals surface area contributed by atoms with Crippen LogP contribution in [0.15, 0.2) is 18.5 Å². The summed E-state index contributed by atoms with van der Waals surface area (Å²) in [7, 11) is 0.